The Hall–Kier alpha value is -0.120. The summed E-state index contributed by atoms with van der Waals surface area (Å²) in [6.45, 7) is 15.0. The van der Waals surface area contributed by atoms with Crippen LogP contribution in [-0.2, 0) is 4.74 Å². The Bertz CT molecular complexity index is 327. The van der Waals surface area contributed by atoms with Crippen molar-refractivity contribution in [2.75, 3.05) is 26.7 Å². The predicted octanol–water partition coefficient (Wildman–Crippen LogP) is 2.90. The third-order valence-corrected chi connectivity index (χ3v) is 5.52. The number of ether oxygens (including phenoxy) is 1. The van der Waals surface area contributed by atoms with Gasteiger partial charge in [-0.15, -0.1) is 0 Å². The summed E-state index contributed by atoms with van der Waals surface area (Å²) in [5, 5.41) is 3.52. The third-order valence-electron chi connectivity index (χ3n) is 5.52. The largest absolute Gasteiger partial charge is 0.368 e. The second-order valence-electron chi connectivity index (χ2n) is 7.86. The first-order valence-electron chi connectivity index (χ1n) is 8.40. The van der Waals surface area contributed by atoms with Crippen LogP contribution in [0.5, 0.6) is 0 Å². The van der Waals surface area contributed by atoms with E-state index in [1.165, 1.54) is 38.9 Å². The van der Waals surface area contributed by atoms with Gasteiger partial charge < -0.3 is 15.0 Å². The molecular formula is C17H34N2O. The molecule has 0 amide bonds. The van der Waals surface area contributed by atoms with E-state index >= 15 is 0 Å². The number of nitrogens with zero attached hydrogens (tertiary/aromatic N) is 1. The van der Waals surface area contributed by atoms with Gasteiger partial charge in [-0.1, -0.05) is 13.3 Å². The van der Waals surface area contributed by atoms with Crippen molar-refractivity contribution in [2.24, 2.45) is 11.8 Å². The zero-order valence-corrected chi connectivity index (χ0v) is 14.3. The molecule has 3 unspecified atom stereocenters. The third kappa shape index (κ3) is 3.20. The van der Waals surface area contributed by atoms with Crippen LogP contribution in [0.2, 0.25) is 0 Å². The minimum atomic E-state index is -0.0805. The molecule has 0 aliphatic carbocycles. The van der Waals surface area contributed by atoms with Gasteiger partial charge in [0, 0.05) is 25.0 Å². The molecule has 3 nitrogen and oxygen atoms in total. The van der Waals surface area contributed by atoms with E-state index in [0.29, 0.717) is 12.0 Å². The average Bonchev–Trinajstić information content (AvgIpc) is 2.54. The molecular weight excluding hydrogens is 248 g/mol. The summed E-state index contributed by atoms with van der Waals surface area (Å²) < 4.78 is 6.36. The quantitative estimate of drug-likeness (QED) is 0.858. The fourth-order valence-corrected chi connectivity index (χ4v) is 4.51. The Morgan fingerprint density at radius 2 is 1.90 bits per heavy atom. The van der Waals surface area contributed by atoms with Crippen molar-refractivity contribution in [3.8, 4) is 0 Å². The summed E-state index contributed by atoms with van der Waals surface area (Å²) in [4.78, 5) is 2.68. The standard InChI is InChI=1S/C17H34N2O/c1-7-13-9-8-10-19(11-13)12-14-15(18-6)17(4,5)20-16(14,2)3/h13-15,18H,7-12H2,1-6H3. The monoisotopic (exact) mass is 282 g/mol. The fraction of sp³-hybridized carbons (Fsp3) is 1.00. The molecule has 0 aromatic heterocycles. The van der Waals surface area contributed by atoms with Gasteiger partial charge in [-0.25, -0.2) is 0 Å². The van der Waals surface area contributed by atoms with E-state index in [1.807, 2.05) is 0 Å². The van der Waals surface area contributed by atoms with Crippen LogP contribution in [-0.4, -0.2) is 48.8 Å². The number of nitrogens with one attached hydrogen (secondary N) is 1. The molecule has 2 aliphatic rings. The first kappa shape index (κ1) is 16.3. The van der Waals surface area contributed by atoms with Crippen LogP contribution in [0, 0.1) is 11.8 Å². The van der Waals surface area contributed by atoms with Gasteiger partial charge in [0.25, 0.3) is 0 Å². The molecule has 20 heavy (non-hydrogen) atoms. The number of likely N-dealkylation sites (tertiary alicyclic amines) is 1. The van der Waals surface area contributed by atoms with Gasteiger partial charge in [0.1, 0.15) is 0 Å². The predicted molar refractivity (Wildman–Crippen MR) is 85.0 cm³/mol. The van der Waals surface area contributed by atoms with Gasteiger partial charge >= 0.3 is 0 Å². The van der Waals surface area contributed by atoms with Crippen molar-refractivity contribution >= 4 is 0 Å². The van der Waals surface area contributed by atoms with Crippen molar-refractivity contribution in [3.63, 3.8) is 0 Å². The number of likely N-dealkylation sites (N-methyl/N-ethyl adjacent to an activating group) is 1. The molecule has 2 fully saturated rings. The minimum absolute atomic E-state index is 0.0453. The van der Waals surface area contributed by atoms with Crippen LogP contribution in [0.25, 0.3) is 0 Å². The Morgan fingerprint density at radius 3 is 2.50 bits per heavy atom. The average molecular weight is 282 g/mol. The summed E-state index contributed by atoms with van der Waals surface area (Å²) in [5.74, 6) is 1.45. The highest BCUT2D eigenvalue weighted by atomic mass is 16.5. The zero-order chi connectivity index (χ0) is 15.0. The molecule has 0 radical (unpaired) electrons. The zero-order valence-electron chi connectivity index (χ0n) is 14.3. The Labute approximate surface area is 125 Å². The van der Waals surface area contributed by atoms with Crippen molar-refractivity contribution in [1.29, 1.82) is 0 Å². The first-order chi connectivity index (χ1) is 9.30. The van der Waals surface area contributed by atoms with E-state index in [2.05, 4.69) is 51.9 Å². The topological polar surface area (TPSA) is 24.5 Å². The van der Waals surface area contributed by atoms with E-state index in [4.69, 9.17) is 4.74 Å². The number of hydrogen-bond acceptors (Lipinski definition) is 3. The molecule has 0 aromatic rings. The summed E-state index contributed by atoms with van der Waals surface area (Å²) in [6.07, 6.45) is 4.10. The van der Waals surface area contributed by atoms with Gasteiger partial charge in [0.15, 0.2) is 0 Å². The highest BCUT2D eigenvalue weighted by Crippen LogP contribution is 2.42. The van der Waals surface area contributed by atoms with E-state index < -0.39 is 0 Å². The minimum Gasteiger partial charge on any atom is -0.368 e. The van der Waals surface area contributed by atoms with Crippen LogP contribution in [0.3, 0.4) is 0 Å². The molecule has 3 heteroatoms. The van der Waals surface area contributed by atoms with Crippen molar-refractivity contribution in [2.45, 2.75) is 71.1 Å². The van der Waals surface area contributed by atoms with E-state index in [9.17, 15) is 0 Å². The maximum absolute atomic E-state index is 6.36. The fourth-order valence-electron chi connectivity index (χ4n) is 4.51. The highest BCUT2D eigenvalue weighted by molar-refractivity contribution is 5.05. The van der Waals surface area contributed by atoms with Gasteiger partial charge in [-0.05, 0) is 60.0 Å². The molecule has 0 aromatic carbocycles. The van der Waals surface area contributed by atoms with Gasteiger partial charge in [-0.2, -0.15) is 0 Å². The van der Waals surface area contributed by atoms with E-state index in [1.54, 1.807) is 0 Å². The molecule has 2 rings (SSSR count). The lowest BCUT2D eigenvalue weighted by atomic mass is 9.81. The lowest BCUT2D eigenvalue weighted by Crippen LogP contribution is -2.51. The Kier molecular flexibility index (Phi) is 4.83. The van der Waals surface area contributed by atoms with Crippen LogP contribution >= 0.6 is 0 Å². The van der Waals surface area contributed by atoms with Gasteiger partial charge in [0.2, 0.25) is 0 Å². The normalized spacial score (nSPS) is 37.2. The molecule has 0 spiro atoms. The molecule has 2 heterocycles. The molecule has 0 saturated carbocycles. The number of hydrogen-bond donors (Lipinski definition) is 1. The first-order valence-corrected chi connectivity index (χ1v) is 8.40. The summed E-state index contributed by atoms with van der Waals surface area (Å²) in [7, 11) is 2.08. The summed E-state index contributed by atoms with van der Waals surface area (Å²) in [5.41, 5.74) is -0.126. The molecule has 2 aliphatic heterocycles. The van der Waals surface area contributed by atoms with Crippen molar-refractivity contribution in [1.82, 2.24) is 10.2 Å². The smallest absolute Gasteiger partial charge is 0.0790 e. The molecule has 2 saturated heterocycles. The Morgan fingerprint density at radius 1 is 1.20 bits per heavy atom. The van der Waals surface area contributed by atoms with Crippen LogP contribution < -0.4 is 5.32 Å². The molecule has 0 bridgehead atoms. The SMILES string of the molecule is CCC1CCCN(CC2C(NC)C(C)(C)OC2(C)C)C1. The van der Waals surface area contributed by atoms with Crippen LogP contribution in [0.15, 0.2) is 0 Å². The summed E-state index contributed by atoms with van der Waals surface area (Å²) >= 11 is 0. The van der Waals surface area contributed by atoms with Gasteiger partial charge in [0.05, 0.1) is 11.2 Å². The second kappa shape index (κ2) is 5.94. The molecule has 3 atom stereocenters. The number of rotatable bonds is 4. The maximum atomic E-state index is 6.36. The molecule has 118 valence electrons. The van der Waals surface area contributed by atoms with Crippen LogP contribution in [0.4, 0.5) is 0 Å². The maximum Gasteiger partial charge on any atom is 0.0790 e. The molecule has 1 N–H and O–H groups in total. The van der Waals surface area contributed by atoms with Crippen molar-refractivity contribution < 1.29 is 4.74 Å². The summed E-state index contributed by atoms with van der Waals surface area (Å²) in [6, 6.07) is 0.430. The van der Waals surface area contributed by atoms with E-state index in [-0.39, 0.29) is 11.2 Å². The Balaban J connectivity index is 2.06. The lowest BCUT2D eigenvalue weighted by molar-refractivity contribution is -0.0799. The number of piperidine rings is 1. The lowest BCUT2D eigenvalue weighted by Gasteiger charge is -2.38. The highest BCUT2D eigenvalue weighted by Gasteiger charge is 2.53. The van der Waals surface area contributed by atoms with Crippen molar-refractivity contribution in [3.05, 3.63) is 0 Å². The van der Waals surface area contributed by atoms with Gasteiger partial charge in [-0.3, -0.25) is 0 Å². The second-order valence-corrected chi connectivity index (χ2v) is 7.86. The van der Waals surface area contributed by atoms with E-state index in [0.717, 1.165) is 5.92 Å². The van der Waals surface area contributed by atoms with Crippen LogP contribution in [0.1, 0.15) is 53.9 Å².